The van der Waals surface area contributed by atoms with Crippen LogP contribution in [0.25, 0.3) is 0 Å². The summed E-state index contributed by atoms with van der Waals surface area (Å²) in [6.07, 6.45) is 0.313. The van der Waals surface area contributed by atoms with Crippen molar-refractivity contribution in [1.82, 2.24) is 5.32 Å². The number of halogens is 3. The highest BCUT2D eigenvalue weighted by atomic mass is 19.4. The first kappa shape index (κ1) is 26.7. The first-order valence-electron chi connectivity index (χ1n) is 12.0. The van der Waals surface area contributed by atoms with Crippen LogP contribution >= 0.6 is 0 Å². The Hall–Kier alpha value is -2.87. The number of oxime groups is 1. The van der Waals surface area contributed by atoms with Crippen molar-refractivity contribution in [3.05, 3.63) is 69.8 Å². The van der Waals surface area contributed by atoms with E-state index in [0.717, 1.165) is 48.8 Å². The molecule has 1 aliphatic rings. The van der Waals surface area contributed by atoms with Crippen LogP contribution in [-0.2, 0) is 29.0 Å². The van der Waals surface area contributed by atoms with Gasteiger partial charge in [-0.1, -0.05) is 48.7 Å². The average molecular weight is 491 g/mol. The van der Waals surface area contributed by atoms with Crippen LogP contribution in [0.4, 0.5) is 13.2 Å². The van der Waals surface area contributed by atoms with Gasteiger partial charge >= 0.3 is 12.1 Å². The van der Waals surface area contributed by atoms with E-state index < -0.39 is 17.7 Å². The maximum Gasteiger partial charge on any atom is 0.416 e. The topological polar surface area (TPSA) is 70.9 Å². The molecule has 8 heteroatoms. The summed E-state index contributed by atoms with van der Waals surface area (Å²) in [5.41, 5.74) is 3.81. The molecule has 190 valence electrons. The summed E-state index contributed by atoms with van der Waals surface area (Å²) in [7, 11) is 0. The zero-order valence-electron chi connectivity index (χ0n) is 20.3. The van der Waals surface area contributed by atoms with Gasteiger partial charge in [0.2, 0.25) is 0 Å². The minimum atomic E-state index is -4.40. The Morgan fingerprint density at radius 3 is 2.54 bits per heavy atom. The molecule has 1 aliphatic carbocycles. The predicted molar refractivity (Wildman–Crippen MR) is 129 cm³/mol. The number of carboxylic acids is 1. The molecule has 0 radical (unpaired) electrons. The number of rotatable bonds is 10. The molecular formula is C27H33F3N2O3. The quantitative estimate of drug-likeness (QED) is 0.225. The fourth-order valence-corrected chi connectivity index (χ4v) is 4.50. The molecule has 0 atom stereocenters. The fourth-order valence-electron chi connectivity index (χ4n) is 4.50. The van der Waals surface area contributed by atoms with E-state index in [1.807, 2.05) is 25.1 Å². The van der Waals surface area contributed by atoms with Gasteiger partial charge in [0.15, 0.2) is 0 Å². The van der Waals surface area contributed by atoms with Crippen molar-refractivity contribution < 1.29 is 27.9 Å². The zero-order chi connectivity index (χ0) is 25.4. The number of hydrogen-bond donors (Lipinski definition) is 2. The number of carbonyl (C=O) groups is 1. The molecule has 0 unspecified atom stereocenters. The zero-order valence-corrected chi connectivity index (χ0v) is 20.3. The van der Waals surface area contributed by atoms with Crippen LogP contribution in [0.1, 0.15) is 84.7 Å². The third-order valence-electron chi connectivity index (χ3n) is 6.49. The van der Waals surface area contributed by atoms with Gasteiger partial charge in [0, 0.05) is 13.1 Å². The third kappa shape index (κ3) is 7.82. The molecule has 1 fully saturated rings. The van der Waals surface area contributed by atoms with Crippen molar-refractivity contribution in [2.24, 2.45) is 5.16 Å². The monoisotopic (exact) mass is 490 g/mol. The maximum atomic E-state index is 13.8. The standard InChI is InChI=1S/C27H33F3N2O3/c1-18-14-22(9-10-23(18)16-31-13-12-26(33)34)19(2)32-35-17-20-8-11-24(21-6-4-3-5-7-21)25(15-20)27(28,29)30/h8-11,14-15,21,31H,3-7,12-13,16-17H2,1-2H3,(H,33,34)/b32-19-. The third-order valence-corrected chi connectivity index (χ3v) is 6.49. The number of carboxylic acid groups (broad SMARTS) is 1. The first-order chi connectivity index (χ1) is 16.6. The Morgan fingerprint density at radius 2 is 1.89 bits per heavy atom. The molecule has 5 nitrogen and oxygen atoms in total. The summed E-state index contributed by atoms with van der Waals surface area (Å²) in [5.74, 6) is -0.875. The van der Waals surface area contributed by atoms with Crippen molar-refractivity contribution in [3.8, 4) is 0 Å². The van der Waals surface area contributed by atoms with Gasteiger partial charge < -0.3 is 15.3 Å². The first-order valence-corrected chi connectivity index (χ1v) is 12.0. The number of nitrogens with one attached hydrogen (secondary N) is 1. The molecule has 2 N–H and O–H groups in total. The minimum absolute atomic E-state index is 0.0332. The van der Waals surface area contributed by atoms with Gasteiger partial charge in [-0.05, 0) is 72.6 Å². The van der Waals surface area contributed by atoms with Crippen LogP contribution in [0.5, 0.6) is 0 Å². The molecule has 3 rings (SSSR count). The largest absolute Gasteiger partial charge is 0.481 e. The smallest absolute Gasteiger partial charge is 0.416 e. The summed E-state index contributed by atoms with van der Waals surface area (Å²) >= 11 is 0. The maximum absolute atomic E-state index is 13.8. The second-order valence-electron chi connectivity index (χ2n) is 9.17. The Bertz CT molecular complexity index is 1040. The molecule has 2 aromatic rings. The Morgan fingerprint density at radius 1 is 1.14 bits per heavy atom. The van der Waals surface area contributed by atoms with Crippen molar-refractivity contribution >= 4 is 11.7 Å². The summed E-state index contributed by atoms with van der Waals surface area (Å²) in [6.45, 7) is 4.65. The van der Waals surface area contributed by atoms with Crippen molar-refractivity contribution in [1.29, 1.82) is 0 Å². The molecule has 0 amide bonds. The van der Waals surface area contributed by atoms with Gasteiger partial charge in [0.1, 0.15) is 6.61 Å². The molecule has 0 saturated heterocycles. The number of aryl methyl sites for hydroxylation is 1. The summed E-state index contributed by atoms with van der Waals surface area (Å²) < 4.78 is 41.3. The van der Waals surface area contributed by atoms with Gasteiger partial charge in [-0.2, -0.15) is 13.2 Å². The van der Waals surface area contributed by atoms with Gasteiger partial charge in [-0.25, -0.2) is 0 Å². The molecule has 1 saturated carbocycles. The molecule has 0 bridgehead atoms. The van der Waals surface area contributed by atoms with Crippen molar-refractivity contribution in [3.63, 3.8) is 0 Å². The van der Waals surface area contributed by atoms with E-state index in [2.05, 4.69) is 10.5 Å². The van der Waals surface area contributed by atoms with Gasteiger partial charge in [-0.3, -0.25) is 4.79 Å². The Labute approximate surface area is 204 Å². The van der Waals surface area contributed by atoms with Gasteiger partial charge in [0.05, 0.1) is 17.7 Å². The number of nitrogens with zero attached hydrogens (tertiary/aromatic N) is 1. The number of hydrogen-bond acceptors (Lipinski definition) is 4. The lowest BCUT2D eigenvalue weighted by molar-refractivity contribution is -0.139. The molecule has 0 aromatic heterocycles. The molecule has 0 spiro atoms. The van der Waals surface area contributed by atoms with Gasteiger partial charge in [0.25, 0.3) is 0 Å². The van der Waals surface area contributed by atoms with E-state index in [0.29, 0.717) is 29.9 Å². The van der Waals surface area contributed by atoms with E-state index in [1.54, 1.807) is 19.1 Å². The number of benzene rings is 2. The van der Waals surface area contributed by atoms with Crippen molar-refractivity contribution in [2.75, 3.05) is 6.54 Å². The van der Waals surface area contributed by atoms with Crippen LogP contribution in [0.2, 0.25) is 0 Å². The predicted octanol–water partition coefficient (Wildman–Crippen LogP) is 6.57. The lowest BCUT2D eigenvalue weighted by atomic mass is 9.81. The average Bonchev–Trinajstić information content (AvgIpc) is 2.82. The van der Waals surface area contributed by atoms with E-state index in [4.69, 9.17) is 9.94 Å². The Balaban J connectivity index is 1.63. The SMILES string of the molecule is C/C(=N/OCc1ccc(C2CCCCC2)c(C(F)(F)F)c1)c1ccc(CNCCC(=O)O)c(C)c1. The molecule has 0 heterocycles. The second kappa shape index (κ2) is 12.2. The van der Waals surface area contributed by atoms with Crippen LogP contribution in [0, 0.1) is 6.92 Å². The van der Waals surface area contributed by atoms with Gasteiger partial charge in [-0.15, -0.1) is 0 Å². The highest BCUT2D eigenvalue weighted by Crippen LogP contribution is 2.41. The van der Waals surface area contributed by atoms with E-state index >= 15 is 0 Å². The molecular weight excluding hydrogens is 457 g/mol. The van der Waals surface area contributed by atoms with E-state index in [9.17, 15) is 18.0 Å². The summed E-state index contributed by atoms with van der Waals surface area (Å²) in [6, 6.07) is 10.3. The van der Waals surface area contributed by atoms with Crippen LogP contribution < -0.4 is 5.32 Å². The van der Waals surface area contributed by atoms with E-state index in [-0.39, 0.29) is 18.9 Å². The van der Waals surface area contributed by atoms with Crippen LogP contribution in [0.15, 0.2) is 41.6 Å². The normalized spacial score (nSPS) is 15.3. The minimum Gasteiger partial charge on any atom is -0.481 e. The van der Waals surface area contributed by atoms with Crippen LogP contribution in [-0.4, -0.2) is 23.3 Å². The summed E-state index contributed by atoms with van der Waals surface area (Å²) in [5, 5.41) is 15.9. The lowest BCUT2D eigenvalue weighted by Crippen LogP contribution is -2.18. The number of aliphatic carboxylic acids is 1. The highest BCUT2D eigenvalue weighted by molar-refractivity contribution is 5.98. The van der Waals surface area contributed by atoms with Crippen molar-refractivity contribution in [2.45, 2.75) is 77.6 Å². The molecule has 35 heavy (non-hydrogen) atoms. The van der Waals surface area contributed by atoms with Crippen LogP contribution in [0.3, 0.4) is 0 Å². The number of alkyl halides is 3. The fraction of sp³-hybridized carbons (Fsp3) is 0.481. The lowest BCUT2D eigenvalue weighted by Gasteiger charge is -2.25. The Kier molecular flexibility index (Phi) is 9.32. The highest BCUT2D eigenvalue weighted by Gasteiger charge is 2.35. The molecule has 0 aliphatic heterocycles. The second-order valence-corrected chi connectivity index (χ2v) is 9.17. The molecule has 2 aromatic carbocycles. The van der Waals surface area contributed by atoms with E-state index in [1.165, 1.54) is 6.07 Å². The summed E-state index contributed by atoms with van der Waals surface area (Å²) in [4.78, 5) is 16.0.